The zero-order valence-electron chi connectivity index (χ0n) is 17.6. The van der Waals surface area contributed by atoms with E-state index in [2.05, 4.69) is 25.3 Å². The molecule has 0 radical (unpaired) electrons. The van der Waals surface area contributed by atoms with Crippen molar-refractivity contribution in [2.75, 3.05) is 5.32 Å². The van der Waals surface area contributed by atoms with Crippen LogP contribution in [0, 0.1) is 13.8 Å². The van der Waals surface area contributed by atoms with Crippen LogP contribution in [-0.2, 0) is 0 Å². The molecule has 31 heavy (non-hydrogen) atoms. The number of aromatic nitrogens is 4. The molecule has 4 aromatic rings. The van der Waals surface area contributed by atoms with E-state index in [4.69, 9.17) is 4.74 Å². The Morgan fingerprint density at radius 1 is 1.10 bits per heavy atom. The number of hydrogen-bond donors (Lipinski definition) is 3. The van der Waals surface area contributed by atoms with Crippen molar-refractivity contribution in [2.24, 2.45) is 0 Å². The number of anilines is 1. The Labute approximate surface area is 184 Å². The minimum Gasteiger partial charge on any atom is -0.457 e. The van der Waals surface area contributed by atoms with Crippen molar-refractivity contribution >= 4 is 26.7 Å². The summed E-state index contributed by atoms with van der Waals surface area (Å²) in [5, 5.41) is 14.5. The summed E-state index contributed by atoms with van der Waals surface area (Å²) in [5.74, 6) is 2.17. The van der Waals surface area contributed by atoms with Crippen molar-refractivity contribution in [3.05, 3.63) is 47.9 Å². The van der Waals surface area contributed by atoms with E-state index in [1.165, 1.54) is 0 Å². The molecule has 0 spiro atoms. The van der Waals surface area contributed by atoms with Gasteiger partial charge >= 0.3 is 0 Å². The fourth-order valence-electron chi connectivity index (χ4n) is 3.88. The number of benzene rings is 1. The predicted molar refractivity (Wildman–Crippen MR) is 123 cm³/mol. The SMILES string of the molecule is Cc1nc(-c2cc(Oc3ccc4nc(N[C@@H]5CCCC[C@H]5O)sc4c3)ccn2)[nH]c1C. The summed E-state index contributed by atoms with van der Waals surface area (Å²) in [6, 6.07) is 9.67. The molecule has 8 heteroatoms. The highest BCUT2D eigenvalue weighted by molar-refractivity contribution is 7.22. The van der Waals surface area contributed by atoms with Crippen LogP contribution >= 0.6 is 11.3 Å². The fourth-order valence-corrected chi connectivity index (χ4v) is 4.83. The van der Waals surface area contributed by atoms with Crippen LogP contribution in [-0.4, -0.2) is 37.2 Å². The van der Waals surface area contributed by atoms with Crippen molar-refractivity contribution in [1.29, 1.82) is 0 Å². The van der Waals surface area contributed by atoms with Crippen LogP contribution in [0.5, 0.6) is 11.5 Å². The Morgan fingerprint density at radius 2 is 1.94 bits per heavy atom. The second kappa shape index (κ2) is 8.28. The first-order valence-electron chi connectivity index (χ1n) is 10.6. The zero-order chi connectivity index (χ0) is 21.4. The molecule has 2 atom stereocenters. The smallest absolute Gasteiger partial charge is 0.184 e. The van der Waals surface area contributed by atoms with Gasteiger partial charge in [-0.05, 0) is 44.9 Å². The van der Waals surface area contributed by atoms with Crippen LogP contribution in [0.15, 0.2) is 36.5 Å². The van der Waals surface area contributed by atoms with E-state index < -0.39 is 0 Å². The van der Waals surface area contributed by atoms with E-state index in [9.17, 15) is 5.11 Å². The van der Waals surface area contributed by atoms with Crippen LogP contribution < -0.4 is 10.1 Å². The molecule has 0 bridgehead atoms. The van der Waals surface area contributed by atoms with Gasteiger partial charge in [0.05, 0.1) is 28.1 Å². The number of aliphatic hydroxyl groups is 1. The van der Waals surface area contributed by atoms with Crippen LogP contribution in [0.3, 0.4) is 0 Å². The van der Waals surface area contributed by atoms with Crippen LogP contribution in [0.4, 0.5) is 5.13 Å². The van der Waals surface area contributed by atoms with E-state index in [1.54, 1.807) is 17.5 Å². The molecule has 0 amide bonds. The molecule has 3 heterocycles. The van der Waals surface area contributed by atoms with E-state index in [0.717, 1.165) is 69.7 Å². The third-order valence-electron chi connectivity index (χ3n) is 5.74. The molecule has 3 aromatic heterocycles. The number of aromatic amines is 1. The highest BCUT2D eigenvalue weighted by Crippen LogP contribution is 2.33. The number of aryl methyl sites for hydroxylation is 2. The molecule has 0 aliphatic heterocycles. The molecule has 5 rings (SSSR count). The predicted octanol–water partition coefficient (Wildman–Crippen LogP) is 5.21. The Balaban J connectivity index is 1.34. The lowest BCUT2D eigenvalue weighted by Crippen LogP contribution is -2.36. The molecule has 1 fully saturated rings. The average Bonchev–Trinajstić information content (AvgIpc) is 3.32. The summed E-state index contributed by atoms with van der Waals surface area (Å²) < 4.78 is 7.14. The van der Waals surface area contributed by atoms with E-state index in [1.807, 2.05) is 44.2 Å². The summed E-state index contributed by atoms with van der Waals surface area (Å²) in [6.45, 7) is 3.96. The van der Waals surface area contributed by atoms with Crippen LogP contribution in [0.1, 0.15) is 37.1 Å². The number of aliphatic hydroxyl groups excluding tert-OH is 1. The maximum atomic E-state index is 10.2. The molecule has 3 N–H and O–H groups in total. The number of nitrogens with zero attached hydrogens (tertiary/aromatic N) is 3. The Morgan fingerprint density at radius 3 is 2.74 bits per heavy atom. The van der Waals surface area contributed by atoms with Crippen molar-refractivity contribution < 1.29 is 9.84 Å². The average molecular weight is 436 g/mol. The van der Waals surface area contributed by atoms with E-state index >= 15 is 0 Å². The monoisotopic (exact) mass is 435 g/mol. The molecule has 1 saturated carbocycles. The van der Waals surface area contributed by atoms with Gasteiger partial charge in [-0.3, -0.25) is 4.98 Å². The van der Waals surface area contributed by atoms with Gasteiger partial charge in [0, 0.05) is 24.0 Å². The topological polar surface area (TPSA) is 96.0 Å². The fraction of sp³-hybridized carbons (Fsp3) is 0.348. The first-order valence-corrected chi connectivity index (χ1v) is 11.4. The van der Waals surface area contributed by atoms with Crippen molar-refractivity contribution in [3.63, 3.8) is 0 Å². The summed E-state index contributed by atoms with van der Waals surface area (Å²) in [5.41, 5.74) is 3.65. The van der Waals surface area contributed by atoms with Gasteiger partial charge in [-0.15, -0.1) is 0 Å². The molecule has 1 aliphatic rings. The lowest BCUT2D eigenvalue weighted by Gasteiger charge is -2.27. The van der Waals surface area contributed by atoms with Gasteiger partial charge < -0.3 is 20.1 Å². The minimum atomic E-state index is -0.303. The van der Waals surface area contributed by atoms with Gasteiger partial charge in [0.1, 0.15) is 17.2 Å². The molecular formula is C23H25N5O2S. The van der Waals surface area contributed by atoms with Crippen molar-refractivity contribution in [1.82, 2.24) is 19.9 Å². The summed E-state index contributed by atoms with van der Waals surface area (Å²) in [6.07, 6.45) is 5.48. The molecular weight excluding hydrogens is 410 g/mol. The number of imidazole rings is 1. The highest BCUT2D eigenvalue weighted by Gasteiger charge is 2.23. The zero-order valence-corrected chi connectivity index (χ0v) is 18.4. The molecule has 1 aromatic carbocycles. The molecule has 7 nitrogen and oxygen atoms in total. The van der Waals surface area contributed by atoms with Gasteiger partial charge in [-0.25, -0.2) is 9.97 Å². The maximum Gasteiger partial charge on any atom is 0.184 e. The third-order valence-corrected chi connectivity index (χ3v) is 6.69. The number of rotatable bonds is 5. The first kappa shape index (κ1) is 20.0. The Hall–Kier alpha value is -2.97. The Bertz CT molecular complexity index is 1200. The molecule has 1 aliphatic carbocycles. The number of ether oxygens (including phenoxy) is 1. The number of thiazole rings is 1. The van der Waals surface area contributed by atoms with Gasteiger partial charge in [-0.1, -0.05) is 24.2 Å². The molecule has 0 unspecified atom stereocenters. The van der Waals surface area contributed by atoms with Gasteiger partial charge in [0.25, 0.3) is 0 Å². The number of fused-ring (bicyclic) bond motifs is 1. The first-order chi connectivity index (χ1) is 15.0. The number of pyridine rings is 1. The third kappa shape index (κ3) is 4.26. The maximum absolute atomic E-state index is 10.2. The number of hydrogen-bond acceptors (Lipinski definition) is 7. The van der Waals surface area contributed by atoms with E-state index in [0.29, 0.717) is 5.75 Å². The van der Waals surface area contributed by atoms with Crippen LogP contribution in [0.2, 0.25) is 0 Å². The largest absolute Gasteiger partial charge is 0.457 e. The second-order valence-corrected chi connectivity index (χ2v) is 9.06. The lowest BCUT2D eigenvalue weighted by molar-refractivity contribution is 0.116. The summed E-state index contributed by atoms with van der Waals surface area (Å²) in [7, 11) is 0. The van der Waals surface area contributed by atoms with Crippen molar-refractivity contribution in [2.45, 2.75) is 51.7 Å². The normalized spacial score (nSPS) is 18.9. The molecule has 160 valence electrons. The van der Waals surface area contributed by atoms with Gasteiger partial charge in [0.2, 0.25) is 0 Å². The summed E-state index contributed by atoms with van der Waals surface area (Å²) in [4.78, 5) is 16.9. The minimum absolute atomic E-state index is 0.0779. The van der Waals surface area contributed by atoms with E-state index in [-0.39, 0.29) is 12.1 Å². The highest BCUT2D eigenvalue weighted by atomic mass is 32.1. The van der Waals surface area contributed by atoms with Crippen LogP contribution in [0.25, 0.3) is 21.7 Å². The number of H-pyrrole nitrogens is 1. The molecule has 0 saturated heterocycles. The van der Waals surface area contributed by atoms with Gasteiger partial charge in [0.15, 0.2) is 11.0 Å². The number of nitrogens with one attached hydrogen (secondary N) is 2. The quantitative estimate of drug-likeness (QED) is 0.398. The standard InChI is InChI=1S/C23H25N5O2S/c1-13-14(2)26-22(25-13)19-11-16(9-10-24-19)30-15-7-8-18-21(12-15)31-23(28-18)27-17-5-3-4-6-20(17)29/h7-12,17,20,29H,3-6H2,1-2H3,(H,25,26)(H,27,28)/t17-,20-/m1/s1. The van der Waals surface area contributed by atoms with Gasteiger partial charge in [-0.2, -0.15) is 0 Å². The summed E-state index contributed by atoms with van der Waals surface area (Å²) >= 11 is 1.58. The second-order valence-electron chi connectivity index (χ2n) is 8.03. The van der Waals surface area contributed by atoms with Crippen molar-refractivity contribution in [3.8, 4) is 23.0 Å². The lowest BCUT2D eigenvalue weighted by atomic mass is 9.93. The Kier molecular flexibility index (Phi) is 5.33.